The van der Waals surface area contributed by atoms with Gasteiger partial charge in [-0.15, -0.1) is 0 Å². The van der Waals surface area contributed by atoms with Gasteiger partial charge in [0.1, 0.15) is 5.82 Å². The van der Waals surface area contributed by atoms with E-state index in [4.69, 9.17) is 16.7 Å². The second-order valence-electron chi connectivity index (χ2n) is 12.5. The number of phenolic OH excluding ortho intramolecular Hbond substituents is 1. The summed E-state index contributed by atoms with van der Waals surface area (Å²) in [5, 5.41) is 19.5. The van der Waals surface area contributed by atoms with Crippen molar-refractivity contribution >= 4 is 46.9 Å². The number of aromatic hydroxyl groups is 1. The number of halogens is 3. The molecule has 1 saturated carbocycles. The summed E-state index contributed by atoms with van der Waals surface area (Å²) in [5.41, 5.74) is -0.789. The van der Waals surface area contributed by atoms with Crippen molar-refractivity contribution in [3.05, 3.63) is 70.3 Å². The molecule has 4 amide bonds. The van der Waals surface area contributed by atoms with E-state index in [9.17, 15) is 37.9 Å². The lowest BCUT2D eigenvalue weighted by Gasteiger charge is -2.49. The number of nitrogens with zero attached hydrogens (tertiary/aromatic N) is 2. The highest BCUT2D eigenvalue weighted by atomic mass is 35.5. The number of carboxylic acid groups (broad SMARTS) is 1. The highest BCUT2D eigenvalue weighted by molar-refractivity contribution is 6.31. The number of allylic oxidation sites excluding steroid dienone is 2. The van der Waals surface area contributed by atoms with E-state index in [0.717, 1.165) is 17.0 Å². The molecule has 2 aliphatic heterocycles. The Labute approximate surface area is 262 Å². The number of anilines is 1. The third kappa shape index (κ3) is 4.74. The van der Waals surface area contributed by atoms with Crippen molar-refractivity contribution in [2.24, 2.45) is 29.1 Å². The first-order chi connectivity index (χ1) is 21.4. The fraction of sp³-hybridized carbons (Fsp3) is 0.424. The maximum atomic E-state index is 14.8. The number of carbonyl (C=O) groups excluding carboxylic acids is 4. The Kier molecular flexibility index (Phi) is 7.79. The lowest BCUT2D eigenvalue weighted by Crippen LogP contribution is -2.49. The minimum atomic E-state index is -1.52. The first-order valence-electron chi connectivity index (χ1n) is 15.0. The number of unbranched alkanes of at least 4 members (excludes halogenated alkanes) is 2. The Bertz CT molecular complexity index is 1680. The maximum Gasteiger partial charge on any atom is 0.303 e. The average molecular weight is 641 g/mol. The van der Waals surface area contributed by atoms with Crippen LogP contribution in [0, 0.1) is 40.7 Å². The lowest BCUT2D eigenvalue weighted by molar-refractivity contribution is -0.141. The molecule has 2 saturated heterocycles. The summed E-state index contributed by atoms with van der Waals surface area (Å²) in [4.78, 5) is 68.8. The molecular weight excluding hydrogens is 610 g/mol. The molecule has 6 atom stereocenters. The highest BCUT2D eigenvalue weighted by Crippen LogP contribution is 2.64. The molecule has 0 radical (unpaired) electrons. The van der Waals surface area contributed by atoms with Crippen molar-refractivity contribution in [3.8, 4) is 5.75 Å². The normalized spacial score (nSPS) is 29.1. The smallest absolute Gasteiger partial charge is 0.303 e. The molecule has 0 bridgehead atoms. The summed E-state index contributed by atoms with van der Waals surface area (Å²) in [6.07, 6.45) is 3.40. The van der Waals surface area contributed by atoms with E-state index in [-0.39, 0.29) is 48.0 Å². The van der Waals surface area contributed by atoms with Crippen molar-refractivity contribution in [1.82, 2.24) is 4.90 Å². The molecule has 6 unspecified atom stereocenters. The van der Waals surface area contributed by atoms with Gasteiger partial charge in [0.2, 0.25) is 23.6 Å². The molecule has 236 valence electrons. The number of amides is 4. The molecule has 2 aromatic carbocycles. The van der Waals surface area contributed by atoms with Gasteiger partial charge in [-0.2, -0.15) is 0 Å². The van der Waals surface area contributed by atoms with Gasteiger partial charge in [0.25, 0.3) is 0 Å². The van der Waals surface area contributed by atoms with Crippen LogP contribution in [-0.2, 0) is 24.0 Å². The van der Waals surface area contributed by atoms with Crippen molar-refractivity contribution in [2.75, 3.05) is 11.4 Å². The van der Waals surface area contributed by atoms with Crippen molar-refractivity contribution < 1.29 is 43.0 Å². The second kappa shape index (κ2) is 11.3. The molecule has 0 spiro atoms. The summed E-state index contributed by atoms with van der Waals surface area (Å²) in [6, 6.07) is 7.45. The fourth-order valence-corrected chi connectivity index (χ4v) is 8.18. The van der Waals surface area contributed by atoms with Crippen LogP contribution in [0.3, 0.4) is 0 Å². The van der Waals surface area contributed by atoms with Gasteiger partial charge in [-0.1, -0.05) is 41.8 Å². The van der Waals surface area contributed by atoms with Crippen LogP contribution in [0.15, 0.2) is 48.0 Å². The zero-order chi connectivity index (χ0) is 32.4. The molecule has 6 rings (SSSR count). The van der Waals surface area contributed by atoms with Crippen LogP contribution in [0.5, 0.6) is 5.75 Å². The number of benzene rings is 2. The van der Waals surface area contributed by atoms with Crippen LogP contribution >= 0.6 is 11.6 Å². The number of carbonyl (C=O) groups is 5. The molecule has 2 N–H and O–H groups in total. The van der Waals surface area contributed by atoms with Crippen LogP contribution in [0.2, 0.25) is 5.02 Å². The molecule has 45 heavy (non-hydrogen) atoms. The fourth-order valence-electron chi connectivity index (χ4n) is 8.00. The van der Waals surface area contributed by atoms with Crippen LogP contribution in [0.4, 0.5) is 14.5 Å². The number of hydrogen-bond donors (Lipinski definition) is 2. The Hall–Kier alpha value is -4.12. The Morgan fingerprint density at radius 3 is 2.47 bits per heavy atom. The molecular formula is C33H31ClF2N2O7. The van der Waals surface area contributed by atoms with Crippen LogP contribution in [-0.4, -0.2) is 51.3 Å². The van der Waals surface area contributed by atoms with E-state index in [1.165, 1.54) is 29.2 Å². The van der Waals surface area contributed by atoms with Crippen molar-refractivity contribution in [2.45, 2.75) is 51.4 Å². The van der Waals surface area contributed by atoms with Crippen molar-refractivity contribution in [1.29, 1.82) is 0 Å². The van der Waals surface area contributed by atoms with E-state index in [2.05, 4.69) is 0 Å². The van der Waals surface area contributed by atoms with Gasteiger partial charge in [0.05, 0.1) is 33.9 Å². The zero-order valence-corrected chi connectivity index (χ0v) is 25.1. The summed E-state index contributed by atoms with van der Waals surface area (Å²) in [7, 11) is 0. The number of phenols is 1. The summed E-state index contributed by atoms with van der Waals surface area (Å²) in [5.74, 6) is -9.40. The molecule has 3 fully saturated rings. The van der Waals surface area contributed by atoms with Gasteiger partial charge in [0.15, 0.2) is 11.6 Å². The molecule has 12 heteroatoms. The summed E-state index contributed by atoms with van der Waals surface area (Å²) < 4.78 is 28.8. The molecule has 0 aromatic heterocycles. The molecule has 4 aliphatic rings. The van der Waals surface area contributed by atoms with Gasteiger partial charge in [-0.3, -0.25) is 28.9 Å². The number of hydrogen-bond acceptors (Lipinski definition) is 6. The summed E-state index contributed by atoms with van der Waals surface area (Å²) in [6.45, 7) is 1.73. The van der Waals surface area contributed by atoms with Gasteiger partial charge < -0.3 is 10.2 Å². The van der Waals surface area contributed by atoms with Crippen LogP contribution in [0.25, 0.3) is 0 Å². The predicted octanol–water partition coefficient (Wildman–Crippen LogP) is 5.20. The average Bonchev–Trinajstić information content (AvgIpc) is 3.35. The van der Waals surface area contributed by atoms with Crippen molar-refractivity contribution in [3.63, 3.8) is 0 Å². The number of carboxylic acids is 1. The number of imide groups is 2. The Balaban J connectivity index is 1.40. The Morgan fingerprint density at radius 2 is 1.76 bits per heavy atom. The number of likely N-dealkylation sites (tertiary alicyclic amines) is 1. The van der Waals surface area contributed by atoms with Crippen LogP contribution < -0.4 is 4.90 Å². The monoisotopic (exact) mass is 640 g/mol. The maximum absolute atomic E-state index is 14.8. The molecule has 2 aliphatic carbocycles. The third-order valence-electron chi connectivity index (χ3n) is 10.1. The zero-order valence-electron chi connectivity index (χ0n) is 24.3. The number of fused-ring (bicyclic) bond motifs is 4. The lowest BCUT2D eigenvalue weighted by atomic mass is 9.51. The van der Waals surface area contributed by atoms with Gasteiger partial charge in [0, 0.05) is 24.4 Å². The summed E-state index contributed by atoms with van der Waals surface area (Å²) >= 11 is 6.00. The highest BCUT2D eigenvalue weighted by Gasteiger charge is 2.68. The quantitative estimate of drug-likeness (QED) is 0.230. The first-order valence-corrected chi connectivity index (χ1v) is 15.3. The largest absolute Gasteiger partial charge is 0.505 e. The van der Waals surface area contributed by atoms with Gasteiger partial charge in [-0.05, 0) is 62.8 Å². The molecule has 2 aromatic rings. The Morgan fingerprint density at radius 1 is 1.00 bits per heavy atom. The van der Waals surface area contributed by atoms with Gasteiger partial charge in [-0.25, -0.2) is 13.7 Å². The topological polar surface area (TPSA) is 132 Å². The van der Waals surface area contributed by atoms with E-state index in [1.54, 1.807) is 13.0 Å². The number of rotatable bonds is 8. The SMILES string of the molecule is CC12C(=O)N(c3ccc(F)c(Cl)c3)C(=O)C1CC1C(=CCC3C(=O)N(CCCCCC(=O)O)C(=O)C31)C2c1cccc(F)c1O. The van der Waals surface area contributed by atoms with E-state index in [0.29, 0.717) is 24.8 Å². The molecule has 2 heterocycles. The third-order valence-corrected chi connectivity index (χ3v) is 10.4. The predicted molar refractivity (Wildman–Crippen MR) is 157 cm³/mol. The standard InChI is InChI=1S/C33H31ClF2N2O7/c1-33-21(30(43)38(32(33)45)16-9-12-23(35)22(34)14-16)15-20-17(27(33)19-6-5-7-24(36)28(19)41)10-11-18-26(20)31(44)37(29(18)42)13-4-2-3-8-25(39)40/h5-7,9-10,12,14,18,20-21,26-27,41H,2-4,8,11,13,15H2,1H3,(H,39,40). The minimum Gasteiger partial charge on any atom is -0.505 e. The van der Waals surface area contributed by atoms with E-state index in [1.807, 2.05) is 0 Å². The van der Waals surface area contributed by atoms with Gasteiger partial charge >= 0.3 is 5.97 Å². The molecule has 9 nitrogen and oxygen atoms in total. The first kappa shape index (κ1) is 30.9. The van der Waals surface area contributed by atoms with E-state index < -0.39 is 76.1 Å². The number of para-hydroxylation sites is 1. The minimum absolute atomic E-state index is 0.00907. The van der Waals surface area contributed by atoms with Crippen LogP contribution in [0.1, 0.15) is 56.9 Å². The number of aliphatic carboxylic acids is 1. The second-order valence-corrected chi connectivity index (χ2v) is 12.9. The van der Waals surface area contributed by atoms with E-state index >= 15 is 0 Å².